The lowest BCUT2D eigenvalue weighted by Gasteiger charge is -2.44. The van der Waals surface area contributed by atoms with Crippen LogP contribution in [0.25, 0.3) is 10.9 Å². The number of carbonyl (C=O) groups is 6. The van der Waals surface area contributed by atoms with Gasteiger partial charge in [0, 0.05) is 85.0 Å². The maximum Gasteiger partial charge on any atom is 0.266 e. The number of piperazine rings is 1. The number of nitrogens with zero attached hydrogens (tertiary/aromatic N) is 4. The summed E-state index contributed by atoms with van der Waals surface area (Å²) in [4.78, 5) is 88.9. The zero-order valence-corrected chi connectivity index (χ0v) is 36.8. The van der Waals surface area contributed by atoms with Gasteiger partial charge in [-0.1, -0.05) is 45.0 Å². The third-order valence-electron chi connectivity index (χ3n) is 13.8. The van der Waals surface area contributed by atoms with E-state index in [-0.39, 0.29) is 60.0 Å². The second-order valence-corrected chi connectivity index (χ2v) is 17.8. The second kappa shape index (κ2) is 17.9. The minimum Gasteiger partial charge on any atom is -0.490 e. The molecule has 9 rings (SSSR count). The molecule has 5 aliphatic rings. The van der Waals surface area contributed by atoms with Crippen LogP contribution in [0.15, 0.2) is 54.6 Å². The smallest absolute Gasteiger partial charge is 0.266 e. The first kappa shape index (κ1) is 43.4. The van der Waals surface area contributed by atoms with E-state index in [0.717, 1.165) is 83.6 Å². The van der Waals surface area contributed by atoms with E-state index in [9.17, 15) is 28.8 Å². The van der Waals surface area contributed by atoms with Gasteiger partial charge in [0.15, 0.2) is 5.78 Å². The molecule has 5 heterocycles. The van der Waals surface area contributed by atoms with E-state index < -0.39 is 29.7 Å². The maximum atomic E-state index is 14.0. The molecule has 1 aliphatic carbocycles. The van der Waals surface area contributed by atoms with Crippen molar-refractivity contribution < 1.29 is 43.0 Å². The van der Waals surface area contributed by atoms with Crippen LogP contribution < -0.4 is 15.0 Å². The van der Waals surface area contributed by atoms with Gasteiger partial charge in [0.1, 0.15) is 18.4 Å². The number of amides is 5. The SMILES string of the molecule is CCc1cc2c(cc1N1CCC(N3CCN(C(=O)CCOCCOCCOc4cccc5c4C(=O)N(C4CCC(=O)NC4=O)C5=O)CC3)CC1)C(C)(C)c1[nH]c3ccccc3c1C2=O. The summed E-state index contributed by atoms with van der Waals surface area (Å²) in [6, 6.07) is 16.7. The van der Waals surface area contributed by atoms with E-state index in [1.807, 2.05) is 29.2 Å². The Balaban J connectivity index is 0.677. The number of fused-ring (bicyclic) bond motifs is 5. The largest absolute Gasteiger partial charge is 0.490 e. The molecule has 15 heteroatoms. The summed E-state index contributed by atoms with van der Waals surface area (Å²) in [5.74, 6) is -1.90. The van der Waals surface area contributed by atoms with Gasteiger partial charge in [-0.25, -0.2) is 0 Å². The summed E-state index contributed by atoms with van der Waals surface area (Å²) in [7, 11) is 0. The maximum absolute atomic E-state index is 14.0. The summed E-state index contributed by atoms with van der Waals surface area (Å²) >= 11 is 0. The van der Waals surface area contributed by atoms with E-state index in [1.54, 1.807) is 12.1 Å². The van der Waals surface area contributed by atoms with Crippen molar-refractivity contribution in [3.63, 3.8) is 0 Å². The van der Waals surface area contributed by atoms with E-state index in [1.165, 1.54) is 17.3 Å². The average Bonchev–Trinajstić information content (AvgIpc) is 3.83. The highest BCUT2D eigenvalue weighted by Crippen LogP contribution is 2.46. The molecular weight excluding hydrogens is 817 g/mol. The number of piperidine rings is 2. The summed E-state index contributed by atoms with van der Waals surface area (Å²) < 4.78 is 17.1. The molecule has 1 unspecified atom stereocenters. The Labute approximate surface area is 372 Å². The van der Waals surface area contributed by atoms with Crippen LogP contribution in [0.1, 0.15) is 106 Å². The number of imide groups is 2. The number of benzene rings is 3. The highest BCUT2D eigenvalue weighted by Gasteiger charge is 2.46. The molecule has 0 radical (unpaired) electrons. The molecule has 0 bridgehead atoms. The normalized spacial score (nSPS) is 20.1. The molecule has 0 spiro atoms. The third kappa shape index (κ3) is 7.98. The first-order valence-electron chi connectivity index (χ1n) is 22.7. The van der Waals surface area contributed by atoms with Crippen molar-refractivity contribution in [3.8, 4) is 5.75 Å². The summed E-state index contributed by atoms with van der Waals surface area (Å²) in [6.45, 7) is 12.8. The topological polar surface area (TPSA) is 171 Å². The zero-order chi connectivity index (χ0) is 44.7. The quantitative estimate of drug-likeness (QED) is 0.134. The van der Waals surface area contributed by atoms with E-state index in [2.05, 4.69) is 53.0 Å². The molecule has 5 amide bonds. The number of ketones is 1. The van der Waals surface area contributed by atoms with Crippen molar-refractivity contribution in [2.24, 2.45) is 0 Å². The molecular formula is C49H56N6O9. The van der Waals surface area contributed by atoms with Gasteiger partial charge in [-0.15, -0.1) is 0 Å². The summed E-state index contributed by atoms with van der Waals surface area (Å²) in [5.41, 5.74) is 7.07. The molecule has 3 aromatic carbocycles. The highest BCUT2D eigenvalue weighted by atomic mass is 16.5. The predicted octanol–water partition coefficient (Wildman–Crippen LogP) is 4.62. The highest BCUT2D eigenvalue weighted by molar-refractivity contribution is 6.24. The number of hydrogen-bond acceptors (Lipinski definition) is 11. The first-order chi connectivity index (χ1) is 31.0. The summed E-state index contributed by atoms with van der Waals surface area (Å²) in [5, 5.41) is 3.19. The predicted molar refractivity (Wildman–Crippen MR) is 238 cm³/mol. The number of aryl methyl sites for hydroxylation is 1. The van der Waals surface area contributed by atoms with Crippen molar-refractivity contribution in [3.05, 3.63) is 93.7 Å². The fraction of sp³-hybridized carbons (Fsp3) is 0.469. The molecule has 64 heavy (non-hydrogen) atoms. The van der Waals surface area contributed by atoms with Crippen molar-refractivity contribution in [1.29, 1.82) is 0 Å². The van der Waals surface area contributed by atoms with Gasteiger partial charge in [0.2, 0.25) is 17.7 Å². The Kier molecular flexibility index (Phi) is 12.1. The zero-order valence-electron chi connectivity index (χ0n) is 36.8. The van der Waals surface area contributed by atoms with E-state index >= 15 is 0 Å². The fourth-order valence-electron chi connectivity index (χ4n) is 10.3. The van der Waals surface area contributed by atoms with Crippen LogP contribution in [0.4, 0.5) is 5.69 Å². The Hall–Kier alpha value is -5.90. The van der Waals surface area contributed by atoms with Crippen molar-refractivity contribution in [2.75, 3.05) is 77.2 Å². The Morgan fingerprint density at radius 2 is 1.52 bits per heavy atom. The molecule has 3 saturated heterocycles. The number of H-pyrrole nitrogens is 1. The number of ether oxygens (including phenoxy) is 3. The van der Waals surface area contributed by atoms with E-state index in [0.29, 0.717) is 45.4 Å². The van der Waals surface area contributed by atoms with Crippen LogP contribution in [0.2, 0.25) is 0 Å². The van der Waals surface area contributed by atoms with Crippen LogP contribution >= 0.6 is 0 Å². The standard InChI is InChI=1S/C49H56N6O9/c1-4-30-28-34-35(49(2,3)45-43(44(34)58)32-8-5-6-10-36(32)50-45)29-38(30)53-17-14-31(15-18-53)52-19-21-54(22-20-52)41(57)16-23-62-24-25-63-26-27-64-39-11-7-9-33-42(39)48(61)55(47(33)60)37-12-13-40(56)51-46(37)59/h5-11,28-29,31,37,50H,4,12-27H2,1-3H3,(H,51,56,59). The first-order valence-corrected chi connectivity index (χ1v) is 22.7. The lowest BCUT2D eigenvalue weighted by Crippen LogP contribution is -2.54. The van der Waals surface area contributed by atoms with Gasteiger partial charge < -0.3 is 29.0 Å². The van der Waals surface area contributed by atoms with Gasteiger partial charge in [-0.05, 0) is 67.1 Å². The van der Waals surface area contributed by atoms with Crippen LogP contribution in [-0.2, 0) is 35.7 Å². The number of rotatable bonds is 14. The van der Waals surface area contributed by atoms with Crippen molar-refractivity contribution >= 4 is 51.9 Å². The average molecular weight is 873 g/mol. The van der Waals surface area contributed by atoms with Crippen LogP contribution in [0.3, 0.4) is 0 Å². The van der Waals surface area contributed by atoms with Gasteiger partial charge in [0.05, 0.1) is 49.5 Å². The number of aromatic amines is 1. The van der Waals surface area contributed by atoms with Gasteiger partial charge in [0.25, 0.3) is 11.8 Å². The molecule has 4 aliphatic heterocycles. The monoisotopic (exact) mass is 872 g/mol. The Morgan fingerprint density at radius 3 is 2.27 bits per heavy atom. The van der Waals surface area contributed by atoms with Gasteiger partial charge in [-0.2, -0.15) is 0 Å². The van der Waals surface area contributed by atoms with Crippen LogP contribution in [0.5, 0.6) is 5.75 Å². The van der Waals surface area contributed by atoms with Crippen molar-refractivity contribution in [1.82, 2.24) is 25.0 Å². The van der Waals surface area contributed by atoms with Crippen LogP contribution in [-0.4, -0.2) is 139 Å². The molecule has 3 fully saturated rings. The Bertz CT molecular complexity index is 2510. The lowest BCUT2D eigenvalue weighted by atomic mass is 9.70. The van der Waals surface area contributed by atoms with Crippen molar-refractivity contribution in [2.45, 2.75) is 76.8 Å². The minimum absolute atomic E-state index is 0.0439. The molecule has 15 nitrogen and oxygen atoms in total. The molecule has 1 aromatic heterocycles. The number of hydrogen-bond donors (Lipinski definition) is 2. The molecule has 2 N–H and O–H groups in total. The summed E-state index contributed by atoms with van der Waals surface area (Å²) in [6.07, 6.45) is 3.37. The van der Waals surface area contributed by atoms with E-state index in [4.69, 9.17) is 14.2 Å². The van der Waals surface area contributed by atoms with Gasteiger partial charge in [-0.3, -0.25) is 43.9 Å². The molecule has 4 aromatic rings. The Morgan fingerprint density at radius 1 is 0.781 bits per heavy atom. The number of anilines is 1. The lowest BCUT2D eigenvalue weighted by molar-refractivity contribution is -0.136. The molecule has 336 valence electrons. The number of aromatic nitrogens is 1. The molecule has 0 saturated carbocycles. The minimum atomic E-state index is -1.05. The second-order valence-electron chi connectivity index (χ2n) is 17.8. The number of para-hydroxylation sites is 1. The number of carbonyl (C=O) groups excluding carboxylic acids is 6. The van der Waals surface area contributed by atoms with Crippen LogP contribution in [0, 0.1) is 0 Å². The van der Waals surface area contributed by atoms with Gasteiger partial charge >= 0.3 is 0 Å². The third-order valence-corrected chi connectivity index (χ3v) is 13.8. The fourth-order valence-corrected chi connectivity index (χ4v) is 10.3. The number of nitrogens with one attached hydrogen (secondary N) is 2. The molecule has 1 atom stereocenters.